The quantitative estimate of drug-likeness (QED) is 0.339. The van der Waals surface area contributed by atoms with Crippen LogP contribution in [0.25, 0.3) is 0 Å². The molecule has 0 bridgehead atoms. The molecule has 1 aromatic rings. The topological polar surface area (TPSA) is 99.3 Å². The third-order valence-corrected chi connectivity index (χ3v) is 2.16. The van der Waals surface area contributed by atoms with E-state index in [1.165, 1.54) is 10.9 Å². The number of rotatable bonds is 7. The summed E-state index contributed by atoms with van der Waals surface area (Å²) in [5.41, 5.74) is -0.0753. The van der Waals surface area contributed by atoms with Gasteiger partial charge < -0.3 is 10.1 Å². The van der Waals surface area contributed by atoms with Gasteiger partial charge in [0.1, 0.15) is 6.20 Å². The van der Waals surface area contributed by atoms with Crippen molar-refractivity contribution >= 4 is 17.5 Å². The number of hydrogen-bond acceptors (Lipinski definition) is 6. The highest BCUT2D eigenvalue weighted by Gasteiger charge is 2.17. The van der Waals surface area contributed by atoms with Crippen molar-refractivity contribution in [1.82, 2.24) is 9.78 Å². The summed E-state index contributed by atoms with van der Waals surface area (Å²) >= 11 is 0. The van der Waals surface area contributed by atoms with Gasteiger partial charge in [0.15, 0.2) is 0 Å². The maximum absolute atomic E-state index is 11.1. The normalized spacial score (nSPS) is 10.1. The van der Waals surface area contributed by atoms with Crippen LogP contribution in [-0.4, -0.2) is 33.8 Å². The number of aromatic nitrogens is 2. The highest BCUT2D eigenvalue weighted by Crippen LogP contribution is 2.21. The van der Waals surface area contributed by atoms with E-state index in [1.807, 2.05) is 0 Å². The minimum atomic E-state index is -0.499. The van der Waals surface area contributed by atoms with Gasteiger partial charge in [-0.3, -0.25) is 19.6 Å². The Kier molecular flexibility index (Phi) is 5.09. The maximum Gasteiger partial charge on any atom is 0.330 e. The highest BCUT2D eigenvalue weighted by molar-refractivity contribution is 5.69. The van der Waals surface area contributed by atoms with Crippen LogP contribution in [0.5, 0.6) is 0 Å². The predicted molar refractivity (Wildman–Crippen MR) is 64.2 cm³/mol. The largest absolute Gasteiger partial charge is 0.466 e. The van der Waals surface area contributed by atoms with Crippen LogP contribution in [0, 0.1) is 10.1 Å². The Bertz CT molecular complexity index is 430. The SMILES string of the molecule is CCOC(=O)CCCNc1nn(C)cc1[N+](=O)[O-]. The van der Waals surface area contributed by atoms with Crippen LogP contribution in [0.15, 0.2) is 6.20 Å². The van der Waals surface area contributed by atoms with Gasteiger partial charge in [-0.25, -0.2) is 0 Å². The number of esters is 1. The molecule has 0 aromatic carbocycles. The summed E-state index contributed by atoms with van der Waals surface area (Å²) in [5.74, 6) is -0.0545. The fraction of sp³-hybridized carbons (Fsp3) is 0.600. The minimum absolute atomic E-state index is 0.0753. The molecule has 0 saturated carbocycles. The summed E-state index contributed by atoms with van der Waals surface area (Å²) < 4.78 is 6.13. The number of nitro groups is 1. The monoisotopic (exact) mass is 256 g/mol. The highest BCUT2D eigenvalue weighted by atomic mass is 16.6. The lowest BCUT2D eigenvalue weighted by Crippen LogP contribution is -2.09. The molecule has 0 aliphatic heterocycles. The second-order valence-electron chi connectivity index (χ2n) is 3.63. The van der Waals surface area contributed by atoms with Crippen LogP contribution in [0.2, 0.25) is 0 Å². The molecule has 0 aliphatic carbocycles. The second kappa shape index (κ2) is 6.58. The van der Waals surface area contributed by atoms with Crippen LogP contribution >= 0.6 is 0 Å². The van der Waals surface area contributed by atoms with Crippen LogP contribution in [0.4, 0.5) is 11.5 Å². The molecular weight excluding hydrogens is 240 g/mol. The molecule has 8 nitrogen and oxygen atoms in total. The average molecular weight is 256 g/mol. The molecule has 0 saturated heterocycles. The van der Waals surface area contributed by atoms with E-state index in [0.717, 1.165) is 0 Å². The molecule has 1 heterocycles. The summed E-state index contributed by atoms with van der Waals surface area (Å²) in [7, 11) is 1.61. The van der Waals surface area contributed by atoms with Crippen molar-refractivity contribution in [2.24, 2.45) is 7.05 Å². The van der Waals surface area contributed by atoms with E-state index in [4.69, 9.17) is 4.74 Å². The van der Waals surface area contributed by atoms with E-state index in [1.54, 1.807) is 14.0 Å². The van der Waals surface area contributed by atoms with Gasteiger partial charge in [-0.15, -0.1) is 5.10 Å². The Morgan fingerprint density at radius 2 is 2.39 bits per heavy atom. The van der Waals surface area contributed by atoms with Crippen LogP contribution in [0.1, 0.15) is 19.8 Å². The van der Waals surface area contributed by atoms with E-state index in [-0.39, 0.29) is 23.9 Å². The van der Waals surface area contributed by atoms with E-state index >= 15 is 0 Å². The predicted octanol–water partition coefficient (Wildman–Crippen LogP) is 1.08. The molecule has 0 fully saturated rings. The van der Waals surface area contributed by atoms with Crippen molar-refractivity contribution < 1.29 is 14.5 Å². The minimum Gasteiger partial charge on any atom is -0.466 e. The van der Waals surface area contributed by atoms with E-state index in [0.29, 0.717) is 19.6 Å². The molecule has 1 N–H and O–H groups in total. The maximum atomic E-state index is 11.1. The first-order valence-electron chi connectivity index (χ1n) is 5.62. The van der Waals surface area contributed by atoms with Crippen molar-refractivity contribution in [2.45, 2.75) is 19.8 Å². The van der Waals surface area contributed by atoms with Crippen LogP contribution < -0.4 is 5.32 Å². The molecule has 18 heavy (non-hydrogen) atoms. The summed E-state index contributed by atoms with van der Waals surface area (Å²) in [4.78, 5) is 21.3. The lowest BCUT2D eigenvalue weighted by molar-refractivity contribution is -0.384. The number of carbonyl (C=O) groups excluding carboxylic acids is 1. The number of nitrogens with zero attached hydrogens (tertiary/aromatic N) is 3. The van der Waals surface area contributed by atoms with Gasteiger partial charge in [-0.2, -0.15) is 0 Å². The van der Waals surface area contributed by atoms with Gasteiger partial charge in [0.05, 0.1) is 11.5 Å². The first kappa shape index (κ1) is 13.9. The standard InChI is InChI=1S/C10H16N4O4/c1-3-18-9(15)5-4-6-11-10-8(14(16)17)7-13(2)12-10/h7H,3-6H2,1-2H3,(H,11,12). The third kappa shape index (κ3) is 4.04. The summed E-state index contributed by atoms with van der Waals surface area (Å²) in [6, 6.07) is 0. The molecule has 0 radical (unpaired) electrons. The van der Waals surface area contributed by atoms with Gasteiger partial charge in [0.25, 0.3) is 0 Å². The van der Waals surface area contributed by atoms with Gasteiger partial charge in [0.2, 0.25) is 5.82 Å². The van der Waals surface area contributed by atoms with E-state index in [9.17, 15) is 14.9 Å². The molecular formula is C10H16N4O4. The molecule has 0 aliphatic rings. The lowest BCUT2D eigenvalue weighted by atomic mass is 10.3. The van der Waals surface area contributed by atoms with Crippen molar-refractivity contribution in [3.63, 3.8) is 0 Å². The Balaban J connectivity index is 2.39. The smallest absolute Gasteiger partial charge is 0.330 e. The molecule has 0 unspecified atom stereocenters. The molecule has 0 spiro atoms. The van der Waals surface area contributed by atoms with Crippen molar-refractivity contribution in [1.29, 1.82) is 0 Å². The Labute approximate surface area is 104 Å². The van der Waals surface area contributed by atoms with Gasteiger partial charge in [-0.1, -0.05) is 0 Å². The van der Waals surface area contributed by atoms with Crippen molar-refractivity contribution in [2.75, 3.05) is 18.5 Å². The summed E-state index contributed by atoms with van der Waals surface area (Å²) in [5, 5.41) is 17.5. The molecule has 0 atom stereocenters. The number of anilines is 1. The summed E-state index contributed by atoms with van der Waals surface area (Å²) in [6.45, 7) is 2.53. The molecule has 8 heteroatoms. The number of aryl methyl sites for hydroxylation is 1. The van der Waals surface area contributed by atoms with Crippen molar-refractivity contribution in [3.8, 4) is 0 Å². The van der Waals surface area contributed by atoms with E-state index in [2.05, 4.69) is 10.4 Å². The van der Waals surface area contributed by atoms with Gasteiger partial charge in [-0.05, 0) is 13.3 Å². The lowest BCUT2D eigenvalue weighted by Gasteiger charge is -2.03. The number of carbonyl (C=O) groups is 1. The Morgan fingerprint density at radius 1 is 1.67 bits per heavy atom. The zero-order chi connectivity index (χ0) is 13.5. The van der Waals surface area contributed by atoms with Gasteiger partial charge >= 0.3 is 11.7 Å². The second-order valence-corrected chi connectivity index (χ2v) is 3.63. The zero-order valence-corrected chi connectivity index (χ0v) is 10.4. The van der Waals surface area contributed by atoms with Crippen LogP contribution in [0.3, 0.4) is 0 Å². The number of hydrogen-bond donors (Lipinski definition) is 1. The molecule has 100 valence electrons. The molecule has 1 aromatic heterocycles. The Hall–Kier alpha value is -2.12. The molecule has 0 amide bonds. The number of nitrogens with one attached hydrogen (secondary N) is 1. The van der Waals surface area contributed by atoms with Crippen molar-refractivity contribution in [3.05, 3.63) is 16.3 Å². The van der Waals surface area contributed by atoms with Gasteiger partial charge in [0, 0.05) is 20.0 Å². The summed E-state index contributed by atoms with van der Waals surface area (Å²) in [6.07, 6.45) is 2.14. The third-order valence-electron chi connectivity index (χ3n) is 2.16. The first-order valence-corrected chi connectivity index (χ1v) is 5.62. The molecule has 1 rings (SSSR count). The number of ether oxygens (including phenoxy) is 1. The average Bonchev–Trinajstić information content (AvgIpc) is 2.66. The zero-order valence-electron chi connectivity index (χ0n) is 10.4. The Morgan fingerprint density at radius 3 is 3.00 bits per heavy atom. The van der Waals surface area contributed by atoms with E-state index < -0.39 is 4.92 Å². The first-order chi connectivity index (χ1) is 8.54. The fourth-order valence-corrected chi connectivity index (χ4v) is 1.41. The van der Waals surface area contributed by atoms with Crippen LogP contribution in [-0.2, 0) is 16.6 Å². The fourth-order valence-electron chi connectivity index (χ4n) is 1.41.